The van der Waals surface area contributed by atoms with Gasteiger partial charge in [-0.05, 0) is 55.3 Å². The largest absolute Gasteiger partial charge is 0.261 e. The van der Waals surface area contributed by atoms with Crippen molar-refractivity contribution in [2.45, 2.75) is 39.0 Å². The Hall–Kier alpha value is -2.53. The fourth-order valence-electron chi connectivity index (χ4n) is 2.51. The van der Waals surface area contributed by atoms with E-state index < -0.39 is 9.84 Å². The molecule has 4 nitrogen and oxygen atoms in total. The second kappa shape index (κ2) is 8.91. The van der Waals surface area contributed by atoms with Gasteiger partial charge in [-0.25, -0.2) is 8.42 Å². The average molecular weight is 383 g/mol. The minimum absolute atomic E-state index is 0.311. The van der Waals surface area contributed by atoms with Gasteiger partial charge in [0.1, 0.15) is 0 Å². The topological polar surface area (TPSA) is 59.9 Å². The molecule has 27 heavy (non-hydrogen) atoms. The Morgan fingerprint density at radius 1 is 0.852 bits per heavy atom. The molecular weight excluding hydrogens is 356 g/mol. The van der Waals surface area contributed by atoms with Crippen LogP contribution in [0.5, 0.6) is 0 Å². The highest BCUT2D eigenvalue weighted by molar-refractivity contribution is 7.90. The van der Waals surface area contributed by atoms with Gasteiger partial charge in [0.2, 0.25) is 0 Å². The van der Waals surface area contributed by atoms with Crippen LogP contribution >= 0.6 is 0 Å². The molecule has 0 N–H and O–H groups in total. The Balaban J connectivity index is 0.000000817. The van der Waals surface area contributed by atoms with Gasteiger partial charge in [-0.3, -0.25) is 9.97 Å². The molecule has 0 atom stereocenters. The van der Waals surface area contributed by atoms with E-state index in [-0.39, 0.29) is 0 Å². The lowest BCUT2D eigenvalue weighted by atomic mass is 9.99. The number of sulfone groups is 1. The Labute approximate surface area is 162 Å². The molecule has 0 aliphatic rings. The van der Waals surface area contributed by atoms with Crippen molar-refractivity contribution in [3.05, 3.63) is 66.1 Å². The van der Waals surface area contributed by atoms with E-state index in [2.05, 4.69) is 29.9 Å². The highest BCUT2D eigenvalue weighted by atomic mass is 32.2. The van der Waals surface area contributed by atoms with Crippen LogP contribution in [-0.2, 0) is 9.84 Å². The first-order valence-electron chi connectivity index (χ1n) is 8.96. The lowest BCUT2D eigenvalue weighted by Crippen LogP contribution is -1.97. The normalized spacial score (nSPS) is 10.9. The van der Waals surface area contributed by atoms with E-state index in [1.165, 1.54) is 12.7 Å². The second-order valence-electron chi connectivity index (χ2n) is 6.60. The molecular formula is C22H26N2O2S. The molecule has 0 unspecified atom stereocenters. The molecule has 0 aliphatic heterocycles. The summed E-state index contributed by atoms with van der Waals surface area (Å²) in [5, 5.41) is 0. The number of benzene rings is 1. The average Bonchev–Trinajstić information content (AvgIpc) is 2.63. The Morgan fingerprint density at radius 3 is 1.96 bits per heavy atom. The molecule has 0 spiro atoms. The monoisotopic (exact) mass is 382 g/mol. The van der Waals surface area contributed by atoms with Crippen LogP contribution in [0, 0.1) is 13.8 Å². The van der Waals surface area contributed by atoms with E-state index in [1.807, 2.05) is 44.3 Å². The minimum atomic E-state index is -3.20. The van der Waals surface area contributed by atoms with E-state index >= 15 is 0 Å². The van der Waals surface area contributed by atoms with Crippen molar-refractivity contribution in [2.24, 2.45) is 0 Å². The van der Waals surface area contributed by atoms with Crippen molar-refractivity contribution in [1.82, 2.24) is 9.97 Å². The molecule has 2 heterocycles. The lowest BCUT2D eigenvalue weighted by molar-refractivity contribution is 0.602. The third-order valence-electron chi connectivity index (χ3n) is 3.80. The first kappa shape index (κ1) is 20.8. The van der Waals surface area contributed by atoms with Gasteiger partial charge in [-0.2, -0.15) is 0 Å². The smallest absolute Gasteiger partial charge is 0.175 e. The predicted octanol–water partition coefficient (Wildman–Crippen LogP) is 5.25. The van der Waals surface area contributed by atoms with Gasteiger partial charge >= 0.3 is 0 Å². The van der Waals surface area contributed by atoms with Gasteiger partial charge in [0.25, 0.3) is 0 Å². The lowest BCUT2D eigenvalue weighted by Gasteiger charge is -2.11. The van der Waals surface area contributed by atoms with Gasteiger partial charge in [0.05, 0.1) is 10.6 Å². The van der Waals surface area contributed by atoms with Crippen molar-refractivity contribution < 1.29 is 8.42 Å². The Bertz CT molecular complexity index is 993. The van der Waals surface area contributed by atoms with Crippen LogP contribution in [0.2, 0.25) is 0 Å². The van der Waals surface area contributed by atoms with Crippen molar-refractivity contribution in [3.63, 3.8) is 0 Å². The molecule has 0 fully saturated rings. The number of aromatic nitrogens is 2. The van der Waals surface area contributed by atoms with Crippen molar-refractivity contribution in [1.29, 1.82) is 0 Å². The SMILES string of the molecule is CCC.Cc1cnc(-c2ccc(C)nc2)c(-c2ccc(S(C)(=O)=O)cc2)c1. The van der Waals surface area contributed by atoms with Gasteiger partial charge in [0.15, 0.2) is 9.84 Å². The second-order valence-corrected chi connectivity index (χ2v) is 8.62. The van der Waals surface area contributed by atoms with Crippen LogP contribution < -0.4 is 0 Å². The molecule has 2 aromatic heterocycles. The van der Waals surface area contributed by atoms with E-state index in [0.29, 0.717) is 4.90 Å². The van der Waals surface area contributed by atoms with Crippen LogP contribution in [0.3, 0.4) is 0 Å². The summed E-state index contributed by atoms with van der Waals surface area (Å²) < 4.78 is 23.3. The third kappa shape index (κ3) is 5.47. The summed E-state index contributed by atoms with van der Waals surface area (Å²) in [6, 6.07) is 12.9. The highest BCUT2D eigenvalue weighted by Crippen LogP contribution is 2.31. The van der Waals surface area contributed by atoms with Crippen LogP contribution in [0.15, 0.2) is 59.8 Å². The molecule has 0 amide bonds. The summed E-state index contributed by atoms with van der Waals surface area (Å²) >= 11 is 0. The van der Waals surface area contributed by atoms with Crippen molar-refractivity contribution >= 4 is 9.84 Å². The molecule has 0 saturated heterocycles. The highest BCUT2D eigenvalue weighted by Gasteiger charge is 2.12. The van der Waals surface area contributed by atoms with Crippen LogP contribution in [-0.4, -0.2) is 24.6 Å². The molecule has 5 heteroatoms. The zero-order chi connectivity index (χ0) is 20.0. The fourth-order valence-corrected chi connectivity index (χ4v) is 3.14. The standard InChI is InChI=1S/C19H18N2O2S.C3H8/c1-13-10-18(15-6-8-17(9-7-15)24(3,22)23)19(21-11-13)16-5-4-14(2)20-12-16;1-3-2/h4-12H,1-3H3;3H2,1-2H3. The van der Waals surface area contributed by atoms with Gasteiger partial charge < -0.3 is 0 Å². The minimum Gasteiger partial charge on any atom is -0.261 e. The third-order valence-corrected chi connectivity index (χ3v) is 4.93. The van der Waals surface area contributed by atoms with Crippen molar-refractivity contribution in [2.75, 3.05) is 6.26 Å². The quantitative estimate of drug-likeness (QED) is 0.621. The number of rotatable bonds is 3. The molecule has 0 aliphatic carbocycles. The van der Waals surface area contributed by atoms with E-state index in [4.69, 9.17) is 0 Å². The zero-order valence-electron chi connectivity index (χ0n) is 16.5. The van der Waals surface area contributed by atoms with Crippen LogP contribution in [0.25, 0.3) is 22.4 Å². The van der Waals surface area contributed by atoms with E-state index in [1.54, 1.807) is 18.3 Å². The number of pyridine rings is 2. The molecule has 0 saturated carbocycles. The number of hydrogen-bond acceptors (Lipinski definition) is 4. The number of nitrogens with zero attached hydrogens (tertiary/aromatic N) is 2. The fraction of sp³-hybridized carbons (Fsp3) is 0.273. The zero-order valence-corrected chi connectivity index (χ0v) is 17.3. The molecule has 3 aromatic rings. The molecule has 0 bridgehead atoms. The van der Waals surface area contributed by atoms with E-state index in [0.717, 1.165) is 33.6 Å². The van der Waals surface area contributed by atoms with Gasteiger partial charge in [0, 0.05) is 35.5 Å². The summed E-state index contributed by atoms with van der Waals surface area (Å²) in [6.45, 7) is 8.18. The summed E-state index contributed by atoms with van der Waals surface area (Å²) in [5.41, 5.74) is 5.64. The van der Waals surface area contributed by atoms with Crippen LogP contribution in [0.4, 0.5) is 0 Å². The Kier molecular flexibility index (Phi) is 6.86. The number of aryl methyl sites for hydroxylation is 2. The maximum Gasteiger partial charge on any atom is 0.175 e. The summed E-state index contributed by atoms with van der Waals surface area (Å²) in [4.78, 5) is 9.22. The first-order valence-corrected chi connectivity index (χ1v) is 10.9. The van der Waals surface area contributed by atoms with Crippen molar-refractivity contribution in [3.8, 4) is 22.4 Å². The first-order chi connectivity index (χ1) is 12.8. The number of hydrogen-bond donors (Lipinski definition) is 0. The summed E-state index contributed by atoms with van der Waals surface area (Å²) in [6.07, 6.45) is 6.09. The molecule has 1 aromatic carbocycles. The maximum absolute atomic E-state index is 11.6. The molecule has 3 rings (SSSR count). The van der Waals surface area contributed by atoms with Gasteiger partial charge in [-0.1, -0.05) is 32.4 Å². The predicted molar refractivity (Wildman–Crippen MR) is 111 cm³/mol. The molecule has 0 radical (unpaired) electrons. The summed E-state index contributed by atoms with van der Waals surface area (Å²) in [7, 11) is -3.20. The van der Waals surface area contributed by atoms with Gasteiger partial charge in [-0.15, -0.1) is 0 Å². The van der Waals surface area contributed by atoms with E-state index in [9.17, 15) is 8.42 Å². The maximum atomic E-state index is 11.6. The molecule has 142 valence electrons. The summed E-state index contributed by atoms with van der Waals surface area (Å²) in [5.74, 6) is 0. The van der Waals surface area contributed by atoms with Crippen LogP contribution in [0.1, 0.15) is 31.5 Å². The Morgan fingerprint density at radius 2 is 1.44 bits per heavy atom.